The third kappa shape index (κ3) is 12.1. The van der Waals surface area contributed by atoms with Gasteiger partial charge in [0.15, 0.2) is 0 Å². The number of aliphatic carboxylic acids is 1. The zero-order chi connectivity index (χ0) is 37.0. The van der Waals surface area contributed by atoms with Gasteiger partial charge in [-0.2, -0.15) is 0 Å². The number of alkyl carbamates (subject to hydrolysis) is 1. The summed E-state index contributed by atoms with van der Waals surface area (Å²) in [6.45, 7) is 9.10. The standard InChI is InChI=1S/C23H39N3O6.C12H6Cl2N2OS/c1-6-7-8-9-10-12-16(2)19(21(29)30)25-20(28)17-13-11-14-26(17)18(27)15-24-22(31)32-23(3,4)5;13-6-4-8-9(5-7(6)14)16-12(17)11(15-8)10-2-1-3-18-10/h10,12,16-17,19H,6-9,11,13-15H2,1-5H3,(H,24,31)(H,25,28)(H,29,30);1-5H,(H,16,17)/b12-10-;. The van der Waals surface area contributed by atoms with E-state index >= 15 is 0 Å². The number of unbranched alkanes of at least 4 members (excludes halogenated alkanes) is 3. The number of carbonyl (C=O) groups is 4. The van der Waals surface area contributed by atoms with E-state index in [4.69, 9.17) is 27.9 Å². The fourth-order valence-corrected chi connectivity index (χ4v) is 6.20. The first-order valence-corrected chi connectivity index (χ1v) is 18.1. The summed E-state index contributed by atoms with van der Waals surface area (Å²) >= 11 is 13.3. The van der Waals surface area contributed by atoms with E-state index in [1.807, 2.05) is 29.7 Å². The monoisotopic (exact) mass is 749 g/mol. The number of hydrogen-bond donors (Lipinski definition) is 4. The van der Waals surface area contributed by atoms with Crippen LogP contribution in [0.5, 0.6) is 0 Å². The molecule has 4 rings (SSSR count). The number of allylic oxidation sites excluding steroid dienone is 1. The fourth-order valence-electron chi connectivity index (χ4n) is 5.17. The Balaban J connectivity index is 0.000000312. The number of nitrogens with one attached hydrogen (secondary N) is 3. The Bertz CT molecular complexity index is 1720. The van der Waals surface area contributed by atoms with Crippen LogP contribution < -0.4 is 16.2 Å². The number of hydrogen-bond acceptors (Lipinski definition) is 8. The van der Waals surface area contributed by atoms with Crippen LogP contribution in [0.15, 0.2) is 46.6 Å². The van der Waals surface area contributed by atoms with Gasteiger partial charge in [-0.15, -0.1) is 11.3 Å². The zero-order valence-electron chi connectivity index (χ0n) is 28.9. The van der Waals surface area contributed by atoms with E-state index < -0.39 is 47.5 Å². The maximum atomic E-state index is 12.8. The molecular formula is C35H45Cl2N5O7S. The molecule has 12 nitrogen and oxygen atoms in total. The molecule has 1 fully saturated rings. The maximum absolute atomic E-state index is 12.8. The molecular weight excluding hydrogens is 705 g/mol. The second-order valence-corrected chi connectivity index (χ2v) is 14.6. The lowest BCUT2D eigenvalue weighted by Crippen LogP contribution is -2.53. The number of thiophene rings is 1. The second kappa shape index (κ2) is 18.9. The quantitative estimate of drug-likeness (QED) is 0.116. The SMILES string of the molecule is CCCCC/C=C\C(C)C(NC(=O)C1CCCN1C(=O)CNC(=O)OC(C)(C)C)C(=O)O.O=c1[nH]c2cc(Cl)c(Cl)cc2nc1-c1cccs1. The Labute approximate surface area is 305 Å². The van der Waals surface area contributed by atoms with E-state index in [1.54, 1.807) is 39.8 Å². The number of amides is 3. The Morgan fingerprint density at radius 1 is 1.20 bits per heavy atom. The van der Waals surface area contributed by atoms with Crippen LogP contribution in [0.4, 0.5) is 4.79 Å². The number of aromatic nitrogens is 2. The predicted octanol–water partition coefficient (Wildman–Crippen LogP) is 6.80. The number of benzene rings is 1. The number of halogens is 2. The predicted molar refractivity (Wildman–Crippen MR) is 197 cm³/mol. The van der Waals surface area contributed by atoms with E-state index in [9.17, 15) is 29.1 Å². The van der Waals surface area contributed by atoms with Gasteiger partial charge in [0, 0.05) is 12.5 Å². The molecule has 4 N–H and O–H groups in total. The van der Waals surface area contributed by atoms with Crippen molar-refractivity contribution in [3.8, 4) is 10.6 Å². The average molecular weight is 751 g/mol. The van der Waals surface area contributed by atoms with E-state index in [2.05, 4.69) is 27.5 Å². The number of carboxylic acids is 1. The van der Waals surface area contributed by atoms with Crippen molar-refractivity contribution in [2.24, 2.45) is 5.92 Å². The van der Waals surface area contributed by atoms with Crippen LogP contribution in [0, 0.1) is 5.92 Å². The number of aromatic amines is 1. The van der Waals surface area contributed by atoms with Crippen molar-refractivity contribution < 1.29 is 29.0 Å². The minimum atomic E-state index is -1.12. The highest BCUT2D eigenvalue weighted by Crippen LogP contribution is 2.27. The lowest BCUT2D eigenvalue weighted by molar-refractivity contribution is -0.144. The van der Waals surface area contributed by atoms with Gasteiger partial charge < -0.3 is 30.4 Å². The molecule has 0 aliphatic carbocycles. The number of rotatable bonds is 12. The van der Waals surface area contributed by atoms with Gasteiger partial charge in [-0.25, -0.2) is 14.6 Å². The number of ether oxygens (including phenoxy) is 1. The largest absolute Gasteiger partial charge is 0.480 e. The Kier molecular flexibility index (Phi) is 15.3. The van der Waals surface area contributed by atoms with Crippen LogP contribution >= 0.6 is 34.5 Å². The summed E-state index contributed by atoms with van der Waals surface area (Å²) in [5, 5.41) is 17.3. The van der Waals surface area contributed by atoms with Crippen LogP contribution in [0.3, 0.4) is 0 Å². The molecule has 3 aromatic rings. The molecule has 3 amide bonds. The molecule has 0 saturated carbocycles. The molecule has 3 unspecified atom stereocenters. The first-order chi connectivity index (χ1) is 23.6. The third-order valence-corrected chi connectivity index (χ3v) is 9.25. The number of likely N-dealkylation sites (tertiary alicyclic amines) is 1. The molecule has 2 aromatic heterocycles. The summed E-state index contributed by atoms with van der Waals surface area (Å²) in [6.07, 6.45) is 8.27. The van der Waals surface area contributed by atoms with Crippen molar-refractivity contribution in [2.45, 2.75) is 90.8 Å². The Morgan fingerprint density at radius 3 is 2.56 bits per heavy atom. The number of H-pyrrole nitrogens is 1. The fraction of sp³-hybridized carbons (Fsp3) is 0.486. The number of carbonyl (C=O) groups excluding carboxylic acids is 3. The Hall–Kier alpha value is -3.94. The molecule has 1 aliphatic rings. The van der Waals surface area contributed by atoms with Crippen LogP contribution in [-0.2, 0) is 19.1 Å². The number of fused-ring (bicyclic) bond motifs is 1. The number of carboxylic acid groups (broad SMARTS) is 1. The third-order valence-electron chi connectivity index (χ3n) is 7.65. The summed E-state index contributed by atoms with van der Waals surface area (Å²) in [5.74, 6) is -2.42. The molecule has 0 spiro atoms. The first-order valence-electron chi connectivity index (χ1n) is 16.5. The van der Waals surface area contributed by atoms with Gasteiger partial charge in [0.25, 0.3) is 5.56 Å². The van der Waals surface area contributed by atoms with E-state index in [0.29, 0.717) is 46.2 Å². The lowest BCUT2D eigenvalue weighted by atomic mass is 10.00. The minimum absolute atomic E-state index is 0.233. The molecule has 3 heterocycles. The maximum Gasteiger partial charge on any atom is 0.408 e. The topological polar surface area (TPSA) is 171 Å². The van der Waals surface area contributed by atoms with Crippen molar-refractivity contribution in [1.82, 2.24) is 25.5 Å². The van der Waals surface area contributed by atoms with E-state index in [1.165, 1.54) is 16.2 Å². The number of nitrogens with zero attached hydrogens (tertiary/aromatic N) is 2. The normalized spacial score (nSPS) is 15.7. The van der Waals surface area contributed by atoms with Crippen LogP contribution in [0.25, 0.3) is 21.6 Å². The highest BCUT2D eigenvalue weighted by Gasteiger charge is 2.36. The molecule has 1 aromatic carbocycles. The summed E-state index contributed by atoms with van der Waals surface area (Å²) < 4.78 is 5.11. The summed E-state index contributed by atoms with van der Waals surface area (Å²) in [5.41, 5.74) is 0.678. The van der Waals surface area contributed by atoms with Crippen LogP contribution in [-0.4, -0.2) is 74.6 Å². The van der Waals surface area contributed by atoms with Gasteiger partial charge in [0.05, 0.1) is 26.0 Å². The van der Waals surface area contributed by atoms with Gasteiger partial charge in [0.1, 0.15) is 29.9 Å². The van der Waals surface area contributed by atoms with Crippen LogP contribution in [0.2, 0.25) is 10.0 Å². The smallest absolute Gasteiger partial charge is 0.408 e. The van der Waals surface area contributed by atoms with Crippen molar-refractivity contribution in [3.63, 3.8) is 0 Å². The van der Waals surface area contributed by atoms with Crippen molar-refractivity contribution in [3.05, 3.63) is 62.2 Å². The van der Waals surface area contributed by atoms with Gasteiger partial charge in [0.2, 0.25) is 11.8 Å². The molecule has 0 radical (unpaired) electrons. The molecule has 1 saturated heterocycles. The lowest BCUT2D eigenvalue weighted by Gasteiger charge is -2.27. The second-order valence-electron chi connectivity index (χ2n) is 12.9. The van der Waals surface area contributed by atoms with Gasteiger partial charge >= 0.3 is 12.1 Å². The highest BCUT2D eigenvalue weighted by molar-refractivity contribution is 7.13. The van der Waals surface area contributed by atoms with Gasteiger partial charge in [-0.05, 0) is 70.0 Å². The van der Waals surface area contributed by atoms with Crippen molar-refractivity contribution in [2.75, 3.05) is 13.1 Å². The van der Waals surface area contributed by atoms with Gasteiger partial charge in [-0.1, -0.05) is 68.1 Å². The molecule has 0 bridgehead atoms. The highest BCUT2D eigenvalue weighted by atomic mass is 35.5. The van der Waals surface area contributed by atoms with Crippen molar-refractivity contribution in [1.29, 1.82) is 0 Å². The van der Waals surface area contributed by atoms with Crippen molar-refractivity contribution >= 4 is 69.4 Å². The molecule has 15 heteroatoms. The van der Waals surface area contributed by atoms with Crippen LogP contribution in [0.1, 0.15) is 73.1 Å². The molecule has 3 atom stereocenters. The average Bonchev–Trinajstić information content (AvgIpc) is 3.75. The summed E-state index contributed by atoms with van der Waals surface area (Å²) in [6, 6.07) is 5.14. The summed E-state index contributed by atoms with van der Waals surface area (Å²) in [4.78, 5) is 70.1. The molecule has 50 heavy (non-hydrogen) atoms. The summed E-state index contributed by atoms with van der Waals surface area (Å²) in [7, 11) is 0. The van der Waals surface area contributed by atoms with Gasteiger partial charge in [-0.3, -0.25) is 14.4 Å². The first kappa shape index (κ1) is 40.5. The zero-order valence-corrected chi connectivity index (χ0v) is 31.2. The van der Waals surface area contributed by atoms with E-state index in [0.717, 1.165) is 30.6 Å². The minimum Gasteiger partial charge on any atom is -0.480 e. The molecule has 1 aliphatic heterocycles. The molecule has 272 valence electrons. The van der Waals surface area contributed by atoms with E-state index in [-0.39, 0.29) is 12.1 Å². The Morgan fingerprint density at radius 2 is 1.92 bits per heavy atom.